The molecule has 130 valence electrons. The first-order chi connectivity index (χ1) is 10.5. The average molecular weight is 317 g/mol. The number of hydrogen-bond acceptors (Lipinski definition) is 6. The molecule has 0 aromatic carbocycles. The van der Waals surface area contributed by atoms with Crippen molar-refractivity contribution >= 4 is 5.91 Å². The zero-order valence-electron chi connectivity index (χ0n) is 13.4. The Hall–Kier alpha value is -0.730. The Morgan fingerprint density at radius 2 is 1.68 bits per heavy atom. The van der Waals surface area contributed by atoms with Gasteiger partial charge >= 0.3 is 0 Å². The number of nitrogens with one attached hydrogen (secondary N) is 1. The Labute approximate surface area is 132 Å². The summed E-state index contributed by atoms with van der Waals surface area (Å²) in [5.74, 6) is -0.170. The molecule has 1 fully saturated rings. The molecule has 1 heterocycles. The van der Waals surface area contributed by atoms with Crippen molar-refractivity contribution in [2.45, 2.75) is 63.3 Å². The van der Waals surface area contributed by atoms with Gasteiger partial charge in [0.2, 0.25) is 5.91 Å². The lowest BCUT2D eigenvalue weighted by Crippen LogP contribution is -2.47. The molecule has 0 aliphatic carbocycles. The van der Waals surface area contributed by atoms with E-state index in [4.69, 9.17) is 5.73 Å². The Balaban J connectivity index is 2.50. The fourth-order valence-electron chi connectivity index (χ4n) is 3.09. The Kier molecular flexibility index (Phi) is 8.89. The van der Waals surface area contributed by atoms with Crippen molar-refractivity contribution in [3.8, 4) is 0 Å². The number of nitrogens with two attached hydrogens (primary N) is 1. The predicted molar refractivity (Wildman–Crippen MR) is 84.2 cm³/mol. The molecule has 1 saturated heterocycles. The lowest BCUT2D eigenvalue weighted by molar-refractivity contribution is -0.119. The first-order valence-electron chi connectivity index (χ1n) is 8.20. The molecule has 1 aliphatic rings. The van der Waals surface area contributed by atoms with Crippen LogP contribution in [0.25, 0.3) is 0 Å². The Morgan fingerprint density at radius 3 is 2.27 bits per heavy atom. The second kappa shape index (κ2) is 10.1. The summed E-state index contributed by atoms with van der Waals surface area (Å²) in [6, 6.07) is -0.835. The summed E-state index contributed by atoms with van der Waals surface area (Å²) >= 11 is 0. The van der Waals surface area contributed by atoms with Gasteiger partial charge in [-0.3, -0.25) is 9.69 Å². The molecule has 0 radical (unpaired) electrons. The number of nitrogens with zero attached hydrogens (tertiary/aromatic N) is 1. The van der Waals surface area contributed by atoms with Crippen molar-refractivity contribution < 1.29 is 20.1 Å². The van der Waals surface area contributed by atoms with Gasteiger partial charge in [-0.2, -0.15) is 0 Å². The number of aliphatic hydroxyl groups excluding tert-OH is 3. The quantitative estimate of drug-likeness (QED) is 0.323. The van der Waals surface area contributed by atoms with Crippen molar-refractivity contribution in [1.29, 1.82) is 0 Å². The minimum Gasteiger partial charge on any atom is -0.395 e. The Morgan fingerprint density at radius 1 is 1.09 bits per heavy atom. The van der Waals surface area contributed by atoms with Crippen LogP contribution in [-0.4, -0.2) is 76.7 Å². The largest absolute Gasteiger partial charge is 0.395 e. The van der Waals surface area contributed by atoms with E-state index in [1.165, 1.54) is 6.92 Å². The molecule has 4 atom stereocenters. The number of aliphatic hydroxyl groups is 3. The lowest BCUT2D eigenvalue weighted by Gasteiger charge is -2.29. The second-order valence-electron chi connectivity index (χ2n) is 6.03. The van der Waals surface area contributed by atoms with Crippen molar-refractivity contribution in [3.63, 3.8) is 0 Å². The first-order valence-corrected chi connectivity index (χ1v) is 8.20. The van der Waals surface area contributed by atoms with E-state index in [2.05, 4.69) is 5.32 Å². The molecule has 0 aromatic heterocycles. The fraction of sp³-hybridized carbons (Fsp3) is 0.933. The van der Waals surface area contributed by atoms with Gasteiger partial charge in [-0.1, -0.05) is 19.3 Å². The highest BCUT2D eigenvalue weighted by molar-refractivity contribution is 5.72. The normalized spacial score (nSPS) is 29.0. The van der Waals surface area contributed by atoms with Gasteiger partial charge < -0.3 is 26.4 Å². The smallest absolute Gasteiger partial charge is 0.216 e. The van der Waals surface area contributed by atoms with Gasteiger partial charge in [0, 0.05) is 13.5 Å². The van der Waals surface area contributed by atoms with E-state index in [0.29, 0.717) is 6.54 Å². The van der Waals surface area contributed by atoms with Crippen LogP contribution in [-0.2, 0) is 4.79 Å². The van der Waals surface area contributed by atoms with Crippen LogP contribution in [0.3, 0.4) is 0 Å². The minimum absolute atomic E-state index is 0.170. The fourth-order valence-corrected chi connectivity index (χ4v) is 3.09. The number of likely N-dealkylation sites (tertiary alicyclic amines) is 1. The molecule has 22 heavy (non-hydrogen) atoms. The minimum atomic E-state index is -0.985. The maximum Gasteiger partial charge on any atom is 0.216 e. The van der Waals surface area contributed by atoms with Crippen LogP contribution in [0.4, 0.5) is 0 Å². The number of rotatable bonds is 10. The molecular formula is C15H31N3O4. The third-order valence-corrected chi connectivity index (χ3v) is 4.36. The van der Waals surface area contributed by atoms with Crippen molar-refractivity contribution in [2.24, 2.45) is 5.73 Å². The third-order valence-electron chi connectivity index (χ3n) is 4.36. The summed E-state index contributed by atoms with van der Waals surface area (Å²) in [7, 11) is 0. The second-order valence-corrected chi connectivity index (χ2v) is 6.03. The molecule has 1 aliphatic heterocycles. The van der Waals surface area contributed by atoms with Crippen LogP contribution < -0.4 is 11.1 Å². The Bertz CT molecular complexity index is 330. The van der Waals surface area contributed by atoms with Gasteiger partial charge in [-0.25, -0.2) is 0 Å². The zero-order valence-corrected chi connectivity index (χ0v) is 13.4. The standard InChI is InChI=1S/C15H31N3O4/c1-11(20)17-9-12-14(21)15(22)13(10-19)18(12)8-6-4-2-3-5-7-16/h12-15,19,21-22H,2-10,16H2,1H3,(H,17,20)/t12-,13-,14-,15-/m1/s1. The maximum absolute atomic E-state index is 11.1. The zero-order chi connectivity index (χ0) is 16.5. The van der Waals surface area contributed by atoms with Gasteiger partial charge in [0.1, 0.15) is 0 Å². The summed E-state index contributed by atoms with van der Waals surface area (Å²) in [5, 5.41) is 32.4. The topological polar surface area (TPSA) is 119 Å². The highest BCUT2D eigenvalue weighted by Gasteiger charge is 2.46. The molecule has 0 bridgehead atoms. The molecule has 0 aromatic rings. The molecule has 7 nitrogen and oxygen atoms in total. The highest BCUT2D eigenvalue weighted by Crippen LogP contribution is 2.25. The van der Waals surface area contributed by atoms with Gasteiger partial charge in [-0.15, -0.1) is 0 Å². The average Bonchev–Trinajstić information content (AvgIpc) is 2.71. The van der Waals surface area contributed by atoms with Crippen LogP contribution in [0.2, 0.25) is 0 Å². The third kappa shape index (κ3) is 5.48. The molecule has 6 N–H and O–H groups in total. The van der Waals surface area contributed by atoms with Crippen LogP contribution >= 0.6 is 0 Å². The van der Waals surface area contributed by atoms with Crippen LogP contribution in [0.5, 0.6) is 0 Å². The lowest BCUT2D eigenvalue weighted by atomic mass is 10.1. The summed E-state index contributed by atoms with van der Waals surface area (Å²) in [6.45, 7) is 2.89. The van der Waals surface area contributed by atoms with E-state index in [-0.39, 0.29) is 25.1 Å². The van der Waals surface area contributed by atoms with Gasteiger partial charge in [0.15, 0.2) is 0 Å². The number of carbonyl (C=O) groups is 1. The highest BCUT2D eigenvalue weighted by atomic mass is 16.3. The van der Waals surface area contributed by atoms with E-state index in [1.54, 1.807) is 0 Å². The van der Waals surface area contributed by atoms with Crippen molar-refractivity contribution in [2.75, 3.05) is 26.2 Å². The van der Waals surface area contributed by atoms with Crippen LogP contribution in [0, 0.1) is 0 Å². The predicted octanol–water partition coefficient (Wildman–Crippen LogP) is -1.20. The SMILES string of the molecule is CC(=O)NC[C@@H]1[C@@H](O)[C@H](O)[C@@H](CO)N1CCCCCCCN. The molecule has 1 rings (SSSR count). The van der Waals surface area contributed by atoms with E-state index < -0.39 is 18.2 Å². The van der Waals surface area contributed by atoms with Gasteiger partial charge in [-0.05, 0) is 25.9 Å². The summed E-state index contributed by atoms with van der Waals surface area (Å²) in [5.41, 5.74) is 5.46. The van der Waals surface area contributed by atoms with E-state index >= 15 is 0 Å². The molecule has 7 heteroatoms. The maximum atomic E-state index is 11.1. The number of carbonyl (C=O) groups excluding carboxylic acids is 1. The van der Waals surface area contributed by atoms with E-state index in [1.807, 2.05) is 4.90 Å². The van der Waals surface area contributed by atoms with Crippen molar-refractivity contribution in [3.05, 3.63) is 0 Å². The van der Waals surface area contributed by atoms with Gasteiger partial charge in [0.25, 0.3) is 0 Å². The molecular weight excluding hydrogens is 286 g/mol. The van der Waals surface area contributed by atoms with Crippen molar-refractivity contribution in [1.82, 2.24) is 10.2 Å². The first kappa shape index (κ1) is 19.3. The van der Waals surface area contributed by atoms with E-state index in [0.717, 1.165) is 38.6 Å². The van der Waals surface area contributed by atoms with Crippen LogP contribution in [0.15, 0.2) is 0 Å². The van der Waals surface area contributed by atoms with Crippen LogP contribution in [0.1, 0.15) is 39.0 Å². The summed E-state index contributed by atoms with van der Waals surface area (Å²) < 4.78 is 0. The molecule has 1 amide bonds. The van der Waals surface area contributed by atoms with Gasteiger partial charge in [0.05, 0.1) is 30.9 Å². The summed E-state index contributed by atoms with van der Waals surface area (Å²) in [4.78, 5) is 13.0. The monoisotopic (exact) mass is 317 g/mol. The molecule has 0 spiro atoms. The molecule has 0 saturated carbocycles. The number of amides is 1. The van der Waals surface area contributed by atoms with E-state index in [9.17, 15) is 20.1 Å². The number of unbranched alkanes of at least 4 members (excludes halogenated alkanes) is 4. The molecule has 0 unspecified atom stereocenters. The summed E-state index contributed by atoms with van der Waals surface area (Å²) in [6.07, 6.45) is 3.29. The number of hydrogen-bond donors (Lipinski definition) is 5.